The maximum Gasteiger partial charge on any atom is 0.304 e. The number of esters is 1. The molecule has 0 aliphatic heterocycles. The molecule has 0 bridgehead atoms. The van der Waals surface area contributed by atoms with Gasteiger partial charge in [-0.1, -0.05) is 60.7 Å². The Morgan fingerprint density at radius 2 is 1.50 bits per heavy atom. The van der Waals surface area contributed by atoms with Gasteiger partial charge in [-0.15, -0.1) is 0 Å². The van der Waals surface area contributed by atoms with Gasteiger partial charge in [0, 0.05) is 30.3 Å². The van der Waals surface area contributed by atoms with Crippen LogP contribution in [-0.4, -0.2) is 18.2 Å². The maximum absolute atomic E-state index is 11.9. The van der Waals surface area contributed by atoms with E-state index in [2.05, 4.69) is 4.99 Å². The minimum Gasteiger partial charge on any atom is -0.445 e. The molecule has 0 fully saturated rings. The molecule has 2 rings (SSSR count). The van der Waals surface area contributed by atoms with E-state index < -0.39 is 5.60 Å². The summed E-state index contributed by atoms with van der Waals surface area (Å²) < 4.78 is 5.83. The molecule has 2 aromatic carbocycles. The van der Waals surface area contributed by atoms with Gasteiger partial charge in [0.05, 0.1) is 0 Å². The summed E-state index contributed by atoms with van der Waals surface area (Å²) in [7, 11) is 0. The number of nitrogens with zero attached hydrogens (tertiary/aromatic N) is 1. The highest BCUT2D eigenvalue weighted by atomic mass is 16.6. The number of rotatable bonds is 6. The second kappa shape index (κ2) is 8.25. The number of aliphatic imine (C=N–C) groups is 1. The van der Waals surface area contributed by atoms with E-state index in [1.807, 2.05) is 86.7 Å². The van der Waals surface area contributed by atoms with Crippen molar-refractivity contribution in [2.75, 3.05) is 0 Å². The van der Waals surface area contributed by atoms with Crippen molar-refractivity contribution in [3.05, 3.63) is 83.9 Å². The minimum absolute atomic E-state index is 0.214. The fourth-order valence-electron chi connectivity index (χ4n) is 2.51. The molecule has 0 aliphatic carbocycles. The molecule has 3 nitrogen and oxygen atoms in total. The van der Waals surface area contributed by atoms with Crippen molar-refractivity contribution in [1.29, 1.82) is 0 Å². The van der Waals surface area contributed by atoms with Gasteiger partial charge in [0.2, 0.25) is 0 Å². The number of hydrogen-bond donors (Lipinski definition) is 0. The largest absolute Gasteiger partial charge is 0.445 e. The molecule has 0 radical (unpaired) electrons. The van der Waals surface area contributed by atoms with Crippen LogP contribution in [0.25, 0.3) is 0 Å². The first-order chi connectivity index (χ1) is 11.5. The van der Waals surface area contributed by atoms with Gasteiger partial charge in [0.1, 0.15) is 0 Å². The van der Waals surface area contributed by atoms with Crippen LogP contribution in [0.3, 0.4) is 0 Å². The molecule has 0 heterocycles. The molecule has 3 heteroatoms. The number of hydrogen-bond acceptors (Lipinski definition) is 3. The predicted octanol–water partition coefficient (Wildman–Crippen LogP) is 4.53. The van der Waals surface area contributed by atoms with Crippen LogP contribution in [0.4, 0.5) is 0 Å². The first kappa shape index (κ1) is 17.7. The van der Waals surface area contributed by atoms with Gasteiger partial charge >= 0.3 is 5.97 Å². The van der Waals surface area contributed by atoms with E-state index in [4.69, 9.17) is 4.74 Å². The molecule has 0 saturated carbocycles. The molecule has 0 atom stereocenters. The molecule has 0 aromatic heterocycles. The first-order valence-corrected chi connectivity index (χ1v) is 8.06. The van der Waals surface area contributed by atoms with Crippen LogP contribution in [-0.2, 0) is 15.1 Å². The maximum atomic E-state index is 11.9. The Kier molecular flexibility index (Phi) is 6.07. The van der Waals surface area contributed by atoms with Crippen molar-refractivity contribution in [2.45, 2.75) is 32.4 Å². The first-order valence-electron chi connectivity index (χ1n) is 8.06. The second-order valence-electron chi connectivity index (χ2n) is 5.81. The minimum atomic E-state index is -0.975. The Bertz CT molecular complexity index is 664. The molecule has 0 amide bonds. The molecule has 0 aliphatic rings. The standard InChI is InChI=1S/C21H23NO2/c1-17(2)22-16-10-15-21(24-18(3)23,19-11-6-4-7-12-19)20-13-8-5-9-14-20/h4-17H,1-3H3/b15-10+,22-16?. The summed E-state index contributed by atoms with van der Waals surface area (Å²) in [5.41, 5.74) is 0.804. The summed E-state index contributed by atoms with van der Waals surface area (Å²) in [6.07, 6.45) is 5.46. The van der Waals surface area contributed by atoms with E-state index in [0.29, 0.717) is 0 Å². The lowest BCUT2D eigenvalue weighted by Gasteiger charge is -2.31. The summed E-state index contributed by atoms with van der Waals surface area (Å²) in [6, 6.07) is 19.7. The van der Waals surface area contributed by atoms with Crippen LogP contribution in [0.2, 0.25) is 0 Å². The molecule has 0 saturated heterocycles. The number of benzene rings is 2. The lowest BCUT2D eigenvalue weighted by molar-refractivity contribution is -0.150. The van der Waals surface area contributed by atoms with Crippen LogP contribution in [0.5, 0.6) is 0 Å². The molecule has 24 heavy (non-hydrogen) atoms. The highest BCUT2D eigenvalue weighted by Crippen LogP contribution is 2.35. The molecule has 2 aromatic rings. The van der Waals surface area contributed by atoms with E-state index in [1.165, 1.54) is 6.92 Å². The zero-order valence-corrected chi connectivity index (χ0v) is 14.3. The van der Waals surface area contributed by atoms with Crippen LogP contribution in [0.15, 0.2) is 77.8 Å². The third-order valence-corrected chi connectivity index (χ3v) is 3.51. The summed E-state index contributed by atoms with van der Waals surface area (Å²) in [6.45, 7) is 5.45. The molecule has 0 unspecified atom stereocenters. The summed E-state index contributed by atoms with van der Waals surface area (Å²) in [5, 5.41) is 0. The van der Waals surface area contributed by atoms with Crippen molar-refractivity contribution < 1.29 is 9.53 Å². The average molecular weight is 321 g/mol. The number of carbonyl (C=O) groups excluding carboxylic acids is 1. The summed E-state index contributed by atoms with van der Waals surface area (Å²) >= 11 is 0. The van der Waals surface area contributed by atoms with Gasteiger partial charge in [-0.2, -0.15) is 0 Å². The van der Waals surface area contributed by atoms with Crippen LogP contribution >= 0.6 is 0 Å². The Morgan fingerprint density at radius 3 is 1.92 bits per heavy atom. The van der Waals surface area contributed by atoms with Crippen LogP contribution in [0.1, 0.15) is 31.9 Å². The van der Waals surface area contributed by atoms with Crippen molar-refractivity contribution in [3.8, 4) is 0 Å². The van der Waals surface area contributed by atoms with Crippen LogP contribution in [0, 0.1) is 0 Å². The third kappa shape index (κ3) is 4.42. The number of carbonyl (C=O) groups is 1. The Labute approximate surface area is 143 Å². The third-order valence-electron chi connectivity index (χ3n) is 3.51. The number of allylic oxidation sites excluding steroid dienone is 1. The molecule has 124 valence electrons. The predicted molar refractivity (Wildman–Crippen MR) is 98.2 cm³/mol. The Hall–Kier alpha value is -2.68. The second-order valence-corrected chi connectivity index (χ2v) is 5.81. The van der Waals surface area contributed by atoms with Crippen molar-refractivity contribution in [2.24, 2.45) is 4.99 Å². The fourth-order valence-corrected chi connectivity index (χ4v) is 2.51. The van der Waals surface area contributed by atoms with Crippen molar-refractivity contribution in [1.82, 2.24) is 0 Å². The zero-order valence-electron chi connectivity index (χ0n) is 14.3. The van der Waals surface area contributed by atoms with Gasteiger partial charge in [0.15, 0.2) is 5.60 Å². The topological polar surface area (TPSA) is 38.7 Å². The summed E-state index contributed by atoms with van der Waals surface area (Å²) in [4.78, 5) is 16.2. The van der Waals surface area contributed by atoms with Gasteiger partial charge in [0.25, 0.3) is 0 Å². The Morgan fingerprint density at radius 1 is 1.00 bits per heavy atom. The molecular weight excluding hydrogens is 298 g/mol. The van der Waals surface area contributed by atoms with Crippen molar-refractivity contribution in [3.63, 3.8) is 0 Å². The lowest BCUT2D eigenvalue weighted by Crippen LogP contribution is -2.31. The van der Waals surface area contributed by atoms with E-state index in [0.717, 1.165) is 11.1 Å². The zero-order chi connectivity index (χ0) is 17.4. The van der Waals surface area contributed by atoms with Crippen LogP contribution < -0.4 is 0 Å². The van der Waals surface area contributed by atoms with Gasteiger partial charge in [-0.3, -0.25) is 9.79 Å². The monoisotopic (exact) mass is 321 g/mol. The molecule has 0 spiro atoms. The van der Waals surface area contributed by atoms with Gasteiger partial charge in [-0.25, -0.2) is 0 Å². The highest BCUT2D eigenvalue weighted by Gasteiger charge is 2.34. The lowest BCUT2D eigenvalue weighted by atomic mass is 9.85. The van der Waals surface area contributed by atoms with Gasteiger partial charge < -0.3 is 4.74 Å². The number of ether oxygens (including phenoxy) is 1. The van der Waals surface area contributed by atoms with E-state index in [-0.39, 0.29) is 12.0 Å². The SMILES string of the molecule is CC(=O)OC(/C=C/C=NC(C)C)(c1ccccc1)c1ccccc1. The molecule has 0 N–H and O–H groups in total. The van der Waals surface area contributed by atoms with Gasteiger partial charge in [-0.05, 0) is 26.0 Å². The molecular formula is C21H23NO2. The van der Waals surface area contributed by atoms with Crippen molar-refractivity contribution >= 4 is 12.2 Å². The summed E-state index contributed by atoms with van der Waals surface area (Å²) in [5.74, 6) is -0.340. The fraction of sp³-hybridized carbons (Fsp3) is 0.238. The quantitative estimate of drug-likeness (QED) is 0.579. The average Bonchev–Trinajstić information content (AvgIpc) is 2.58. The van der Waals surface area contributed by atoms with E-state index in [9.17, 15) is 4.79 Å². The van der Waals surface area contributed by atoms with E-state index >= 15 is 0 Å². The van der Waals surface area contributed by atoms with E-state index in [1.54, 1.807) is 6.21 Å². The smallest absolute Gasteiger partial charge is 0.304 e. The Balaban J connectivity index is 2.58. The highest BCUT2D eigenvalue weighted by molar-refractivity contribution is 5.73. The normalized spacial score (nSPS) is 12.2.